The Morgan fingerprint density at radius 1 is 1.55 bits per heavy atom. The van der Waals surface area contributed by atoms with E-state index in [4.69, 9.17) is 9.15 Å². The number of hydrogen-bond donors (Lipinski definition) is 0. The third-order valence-corrected chi connectivity index (χ3v) is 4.53. The normalized spacial score (nSPS) is 19.7. The summed E-state index contributed by atoms with van der Waals surface area (Å²) in [5, 5.41) is 2.10. The molecule has 0 aliphatic heterocycles. The molecular formula is C15H16N2O4S. The van der Waals surface area contributed by atoms with E-state index in [0.717, 1.165) is 12.2 Å². The minimum Gasteiger partial charge on any atom is -0.469 e. The number of carbonyl (C=O) groups is 2. The summed E-state index contributed by atoms with van der Waals surface area (Å²) in [5.74, 6) is 0.440. The number of hydrogen-bond acceptors (Lipinski definition) is 6. The summed E-state index contributed by atoms with van der Waals surface area (Å²) in [7, 11) is 1.67. The maximum absolute atomic E-state index is 12.5. The van der Waals surface area contributed by atoms with Gasteiger partial charge in [-0.25, -0.2) is 9.78 Å². The van der Waals surface area contributed by atoms with Crippen molar-refractivity contribution in [1.29, 1.82) is 0 Å². The van der Waals surface area contributed by atoms with Gasteiger partial charge in [-0.3, -0.25) is 9.69 Å². The van der Waals surface area contributed by atoms with Crippen molar-refractivity contribution in [3.63, 3.8) is 0 Å². The number of aromatic nitrogens is 1. The second-order valence-electron chi connectivity index (χ2n) is 5.10. The summed E-state index contributed by atoms with van der Waals surface area (Å²) in [4.78, 5) is 29.7. The van der Waals surface area contributed by atoms with E-state index in [0.29, 0.717) is 11.7 Å². The van der Waals surface area contributed by atoms with Crippen LogP contribution in [0.4, 0.5) is 5.13 Å². The van der Waals surface area contributed by atoms with E-state index in [1.165, 1.54) is 16.2 Å². The topological polar surface area (TPSA) is 72.6 Å². The predicted octanol–water partition coefficient (Wildman–Crippen LogP) is 2.68. The molecule has 116 valence electrons. The van der Waals surface area contributed by atoms with Crippen molar-refractivity contribution in [2.45, 2.75) is 19.3 Å². The van der Waals surface area contributed by atoms with Gasteiger partial charge in [0.15, 0.2) is 10.8 Å². The summed E-state index contributed by atoms with van der Waals surface area (Å²) in [6.45, 7) is 2.04. The molecule has 1 saturated carbocycles. The van der Waals surface area contributed by atoms with Gasteiger partial charge in [0.1, 0.15) is 5.76 Å². The minimum atomic E-state index is -0.467. The molecule has 2 heterocycles. The van der Waals surface area contributed by atoms with Gasteiger partial charge in [-0.05, 0) is 25.5 Å². The van der Waals surface area contributed by atoms with E-state index in [9.17, 15) is 9.59 Å². The third kappa shape index (κ3) is 2.76. The zero-order valence-corrected chi connectivity index (χ0v) is 13.1. The molecule has 0 bridgehead atoms. The lowest BCUT2D eigenvalue weighted by molar-refractivity contribution is -0.119. The Morgan fingerprint density at radius 2 is 2.36 bits per heavy atom. The van der Waals surface area contributed by atoms with Gasteiger partial charge in [0.05, 0.1) is 12.9 Å². The average Bonchev–Trinajstić information content (AvgIpc) is 2.96. The first-order valence-electron chi connectivity index (χ1n) is 7.05. The fourth-order valence-corrected chi connectivity index (χ4v) is 3.11. The van der Waals surface area contributed by atoms with Gasteiger partial charge in [-0.2, -0.15) is 0 Å². The number of amides is 1. The average molecular weight is 320 g/mol. The Hall–Kier alpha value is -2.15. The Kier molecular flexibility index (Phi) is 3.98. The van der Waals surface area contributed by atoms with E-state index in [-0.39, 0.29) is 23.4 Å². The Bertz CT molecular complexity index is 680. The van der Waals surface area contributed by atoms with Crippen LogP contribution in [0.25, 0.3) is 0 Å². The van der Waals surface area contributed by atoms with Crippen LogP contribution in [0.2, 0.25) is 0 Å². The fraction of sp³-hybridized carbons (Fsp3) is 0.400. The molecule has 2 unspecified atom stereocenters. The SMILES string of the molecule is CCOC(=O)c1csc(N(C)C(=O)C2CC2c2ccco2)n1. The van der Waals surface area contributed by atoms with Crippen LogP contribution in [-0.4, -0.2) is 30.5 Å². The fourth-order valence-electron chi connectivity index (χ4n) is 2.34. The summed E-state index contributed by atoms with van der Waals surface area (Å²) in [6.07, 6.45) is 2.40. The van der Waals surface area contributed by atoms with Gasteiger partial charge >= 0.3 is 5.97 Å². The molecule has 7 heteroatoms. The van der Waals surface area contributed by atoms with Crippen molar-refractivity contribution in [1.82, 2.24) is 4.98 Å². The zero-order chi connectivity index (χ0) is 15.7. The molecule has 2 atom stereocenters. The summed E-state index contributed by atoms with van der Waals surface area (Å²) < 4.78 is 10.2. The number of nitrogens with zero attached hydrogens (tertiary/aromatic N) is 2. The van der Waals surface area contributed by atoms with E-state index in [1.807, 2.05) is 12.1 Å². The molecule has 2 aromatic rings. The smallest absolute Gasteiger partial charge is 0.357 e. The van der Waals surface area contributed by atoms with Crippen LogP contribution in [0, 0.1) is 5.92 Å². The van der Waals surface area contributed by atoms with Crippen molar-refractivity contribution in [2.24, 2.45) is 5.92 Å². The van der Waals surface area contributed by atoms with Crippen LogP contribution in [0.3, 0.4) is 0 Å². The third-order valence-electron chi connectivity index (χ3n) is 3.61. The van der Waals surface area contributed by atoms with Crippen LogP contribution in [-0.2, 0) is 9.53 Å². The molecule has 0 aromatic carbocycles. The van der Waals surface area contributed by atoms with Gasteiger partial charge in [0.2, 0.25) is 5.91 Å². The second kappa shape index (κ2) is 5.92. The highest BCUT2D eigenvalue weighted by molar-refractivity contribution is 7.14. The predicted molar refractivity (Wildman–Crippen MR) is 81.0 cm³/mol. The molecule has 1 amide bonds. The molecule has 1 aliphatic rings. The summed E-state index contributed by atoms with van der Waals surface area (Å²) >= 11 is 1.25. The molecule has 22 heavy (non-hydrogen) atoms. The van der Waals surface area contributed by atoms with Gasteiger partial charge < -0.3 is 9.15 Å². The molecule has 0 saturated heterocycles. The Balaban J connectivity index is 1.66. The number of rotatable bonds is 5. The summed E-state index contributed by atoms with van der Waals surface area (Å²) in [5.41, 5.74) is 0.236. The van der Waals surface area contributed by atoms with Crippen molar-refractivity contribution in [3.05, 3.63) is 35.2 Å². The van der Waals surface area contributed by atoms with Crippen LogP contribution in [0.15, 0.2) is 28.2 Å². The van der Waals surface area contributed by atoms with Gasteiger partial charge in [0, 0.05) is 24.3 Å². The molecule has 2 aromatic heterocycles. The molecule has 3 rings (SSSR count). The lowest BCUT2D eigenvalue weighted by Crippen LogP contribution is -2.28. The quantitative estimate of drug-likeness (QED) is 0.792. The number of ether oxygens (including phenoxy) is 1. The minimum absolute atomic E-state index is 0.00819. The maximum atomic E-state index is 12.5. The second-order valence-corrected chi connectivity index (χ2v) is 5.93. The molecule has 0 radical (unpaired) electrons. The number of furan rings is 1. The first-order valence-corrected chi connectivity index (χ1v) is 7.93. The van der Waals surface area contributed by atoms with Crippen LogP contribution >= 0.6 is 11.3 Å². The number of anilines is 1. The van der Waals surface area contributed by atoms with Crippen molar-refractivity contribution in [3.8, 4) is 0 Å². The lowest BCUT2D eigenvalue weighted by Gasteiger charge is -2.13. The van der Waals surface area contributed by atoms with Crippen molar-refractivity contribution >= 4 is 28.3 Å². The first kappa shape index (κ1) is 14.8. The molecule has 0 spiro atoms. The zero-order valence-electron chi connectivity index (χ0n) is 12.3. The first-order chi connectivity index (χ1) is 10.6. The molecule has 0 N–H and O–H groups in total. The van der Waals surface area contributed by atoms with Crippen LogP contribution in [0.5, 0.6) is 0 Å². The Morgan fingerprint density at radius 3 is 3.05 bits per heavy atom. The van der Waals surface area contributed by atoms with E-state index in [2.05, 4.69) is 4.98 Å². The number of thiazole rings is 1. The molecular weight excluding hydrogens is 304 g/mol. The van der Waals surface area contributed by atoms with Gasteiger partial charge in [-0.1, -0.05) is 0 Å². The number of carbonyl (C=O) groups excluding carboxylic acids is 2. The maximum Gasteiger partial charge on any atom is 0.357 e. The molecule has 1 fully saturated rings. The number of esters is 1. The monoisotopic (exact) mass is 320 g/mol. The van der Waals surface area contributed by atoms with E-state index < -0.39 is 5.97 Å². The van der Waals surface area contributed by atoms with E-state index in [1.54, 1.807) is 25.6 Å². The van der Waals surface area contributed by atoms with Crippen molar-refractivity contribution in [2.75, 3.05) is 18.6 Å². The largest absolute Gasteiger partial charge is 0.469 e. The molecule has 1 aliphatic carbocycles. The van der Waals surface area contributed by atoms with Crippen molar-refractivity contribution < 1.29 is 18.7 Å². The van der Waals surface area contributed by atoms with Crippen LogP contribution in [0.1, 0.15) is 35.5 Å². The van der Waals surface area contributed by atoms with Gasteiger partial charge in [0.25, 0.3) is 0 Å². The summed E-state index contributed by atoms with van der Waals surface area (Å²) in [6, 6.07) is 3.71. The standard InChI is InChI=1S/C15H16N2O4S/c1-3-20-14(19)11-8-22-15(16-11)17(2)13(18)10-7-9(10)12-5-4-6-21-12/h4-6,8-10H,3,7H2,1-2H3. The van der Waals surface area contributed by atoms with E-state index >= 15 is 0 Å². The molecule has 6 nitrogen and oxygen atoms in total. The van der Waals surface area contributed by atoms with Gasteiger partial charge in [-0.15, -0.1) is 11.3 Å². The highest BCUT2D eigenvalue weighted by Crippen LogP contribution is 2.48. The lowest BCUT2D eigenvalue weighted by atomic mass is 10.2. The Labute approximate surface area is 131 Å². The highest BCUT2D eigenvalue weighted by atomic mass is 32.1. The van der Waals surface area contributed by atoms with Crippen LogP contribution < -0.4 is 4.90 Å². The highest BCUT2D eigenvalue weighted by Gasteiger charge is 2.47.